The largest absolute Gasteiger partial charge is 0.472 e. The second-order valence-corrected chi connectivity index (χ2v) is 22.8. The number of rotatable bonds is 55. The molecule has 0 aliphatic carbocycles. The van der Waals surface area contributed by atoms with Crippen molar-refractivity contribution in [2.75, 3.05) is 47.5 Å². The Labute approximate surface area is 422 Å². The van der Waals surface area contributed by atoms with Gasteiger partial charge in [0.05, 0.1) is 27.7 Å². The van der Waals surface area contributed by atoms with Crippen molar-refractivity contribution in [1.29, 1.82) is 0 Å². The number of carbonyl (C=O) groups excluding carboxylic acids is 2. The van der Waals surface area contributed by atoms with Gasteiger partial charge in [0.25, 0.3) is 0 Å². The molecule has 0 saturated heterocycles. The van der Waals surface area contributed by atoms with Crippen molar-refractivity contribution in [2.24, 2.45) is 0 Å². The molecule has 0 aromatic rings. The highest BCUT2D eigenvalue weighted by Gasteiger charge is 2.27. The first kappa shape index (κ1) is 66.8. The number of phosphoric acid groups is 1. The van der Waals surface area contributed by atoms with E-state index in [0.29, 0.717) is 17.4 Å². The van der Waals surface area contributed by atoms with Crippen molar-refractivity contribution >= 4 is 19.8 Å². The minimum absolute atomic E-state index is 0.0362. The molecule has 0 aromatic heterocycles. The lowest BCUT2D eigenvalue weighted by atomic mass is 10.0. The molecule has 0 fully saturated rings. The maximum Gasteiger partial charge on any atom is 0.472 e. The molecule has 1 N–H and O–H groups in total. The Morgan fingerprint density at radius 3 is 1.09 bits per heavy atom. The Bertz CT molecular complexity index is 1160. The summed E-state index contributed by atoms with van der Waals surface area (Å²) in [6.45, 7) is 4.48. The van der Waals surface area contributed by atoms with Crippen LogP contribution >= 0.6 is 7.82 Å². The van der Waals surface area contributed by atoms with Crippen molar-refractivity contribution in [3.8, 4) is 0 Å². The number of unbranched alkanes of at least 4 members (excludes halogenated alkanes) is 39. The molecule has 0 heterocycles. The van der Waals surface area contributed by atoms with Crippen molar-refractivity contribution in [2.45, 2.75) is 302 Å². The Kier molecular flexibility index (Phi) is 49.8. The number of esters is 2. The number of allylic oxidation sites excluding steroid dienone is 2. The van der Waals surface area contributed by atoms with Crippen molar-refractivity contribution in [3.63, 3.8) is 0 Å². The molecule has 2 atom stereocenters. The quantitative estimate of drug-likeness (QED) is 0.0211. The maximum atomic E-state index is 12.8. The number of carbonyl (C=O) groups is 2. The van der Waals surface area contributed by atoms with E-state index in [1.54, 1.807) is 0 Å². The van der Waals surface area contributed by atoms with Gasteiger partial charge in [0, 0.05) is 12.8 Å². The van der Waals surface area contributed by atoms with Gasteiger partial charge >= 0.3 is 19.8 Å². The third kappa shape index (κ3) is 54.1. The molecule has 10 heteroatoms. The molecular weight excluding hydrogens is 870 g/mol. The van der Waals surface area contributed by atoms with E-state index >= 15 is 0 Å². The fraction of sp³-hybridized carbons (Fsp3) is 0.931. The lowest BCUT2D eigenvalue weighted by Crippen LogP contribution is -2.37. The summed E-state index contributed by atoms with van der Waals surface area (Å²) in [7, 11) is 1.50. The van der Waals surface area contributed by atoms with Gasteiger partial charge in [-0.2, -0.15) is 0 Å². The normalized spacial score (nSPS) is 13.3. The Balaban J connectivity index is 3.99. The van der Waals surface area contributed by atoms with E-state index in [-0.39, 0.29) is 25.6 Å². The monoisotopic (exact) mass is 985 g/mol. The van der Waals surface area contributed by atoms with Crippen LogP contribution in [0.15, 0.2) is 12.2 Å². The maximum absolute atomic E-state index is 12.8. The van der Waals surface area contributed by atoms with Crippen LogP contribution in [0.2, 0.25) is 0 Å². The fourth-order valence-corrected chi connectivity index (χ4v) is 9.46. The molecule has 404 valence electrons. The zero-order chi connectivity index (χ0) is 49.9. The van der Waals surface area contributed by atoms with Crippen molar-refractivity contribution in [1.82, 2.24) is 0 Å². The highest BCUT2D eigenvalue weighted by Crippen LogP contribution is 2.43. The molecule has 2 unspecified atom stereocenters. The highest BCUT2D eigenvalue weighted by atomic mass is 31.2. The van der Waals surface area contributed by atoms with Gasteiger partial charge in [-0.05, 0) is 38.5 Å². The summed E-state index contributed by atoms with van der Waals surface area (Å²) in [5.74, 6) is -0.779. The van der Waals surface area contributed by atoms with E-state index in [1.807, 2.05) is 21.1 Å². The van der Waals surface area contributed by atoms with Crippen LogP contribution in [0, 0.1) is 0 Å². The lowest BCUT2D eigenvalue weighted by Gasteiger charge is -2.24. The number of nitrogens with zero attached hydrogens (tertiary/aromatic N) is 1. The van der Waals surface area contributed by atoms with E-state index in [9.17, 15) is 19.0 Å². The summed E-state index contributed by atoms with van der Waals surface area (Å²) in [5.41, 5.74) is 0. The third-order valence-corrected chi connectivity index (χ3v) is 14.3. The molecule has 0 aliphatic heterocycles. The highest BCUT2D eigenvalue weighted by molar-refractivity contribution is 7.47. The minimum Gasteiger partial charge on any atom is -0.462 e. The molecule has 0 rings (SSSR count). The van der Waals surface area contributed by atoms with Gasteiger partial charge in [0.2, 0.25) is 0 Å². The van der Waals surface area contributed by atoms with Crippen LogP contribution in [0.4, 0.5) is 0 Å². The molecule has 9 nitrogen and oxygen atoms in total. The minimum atomic E-state index is -4.38. The van der Waals surface area contributed by atoms with Crippen LogP contribution in [0.1, 0.15) is 296 Å². The standard InChI is InChI=1S/C58H114NO8P/c1-6-8-10-12-14-16-18-20-21-22-23-24-25-26-27-28-29-30-31-32-33-34-35-36-37-39-41-43-45-47-49-51-58(61)67-56(55-66-68(62,63)65-53-52-59(3,4)5)54-64-57(60)50-48-46-44-42-40-38-19-17-15-13-11-9-7-2/h22-23,56H,6-21,24-55H2,1-5H3/p+1/b23-22-. The average molecular weight is 986 g/mol. The number of likely N-dealkylation sites (N-methyl/N-ethyl adjacent to an activating group) is 1. The summed E-state index contributed by atoms with van der Waals surface area (Å²) < 4.78 is 34.5. The zero-order valence-electron chi connectivity index (χ0n) is 45.9. The zero-order valence-corrected chi connectivity index (χ0v) is 46.8. The second kappa shape index (κ2) is 50.7. The van der Waals surface area contributed by atoms with E-state index in [4.69, 9.17) is 18.5 Å². The summed E-state index contributed by atoms with van der Waals surface area (Å²) in [4.78, 5) is 35.6. The van der Waals surface area contributed by atoms with Crippen LogP contribution in [0.25, 0.3) is 0 Å². The number of phosphoric ester groups is 1. The van der Waals surface area contributed by atoms with E-state index < -0.39 is 26.5 Å². The number of ether oxygens (including phenoxy) is 2. The molecule has 0 saturated carbocycles. The summed E-state index contributed by atoms with van der Waals surface area (Å²) >= 11 is 0. The topological polar surface area (TPSA) is 108 Å². The van der Waals surface area contributed by atoms with Gasteiger partial charge < -0.3 is 18.9 Å². The fourth-order valence-electron chi connectivity index (χ4n) is 8.72. The summed E-state index contributed by atoms with van der Waals surface area (Å²) in [6, 6.07) is 0. The number of quaternary nitrogens is 1. The van der Waals surface area contributed by atoms with Gasteiger partial charge in [-0.25, -0.2) is 4.57 Å². The predicted molar refractivity (Wildman–Crippen MR) is 289 cm³/mol. The first-order valence-electron chi connectivity index (χ1n) is 29.4. The molecule has 0 bridgehead atoms. The Morgan fingerprint density at radius 1 is 0.441 bits per heavy atom. The van der Waals surface area contributed by atoms with Gasteiger partial charge in [-0.15, -0.1) is 0 Å². The van der Waals surface area contributed by atoms with Crippen LogP contribution < -0.4 is 0 Å². The Hall–Kier alpha value is -1.25. The Morgan fingerprint density at radius 2 is 0.750 bits per heavy atom. The van der Waals surface area contributed by atoms with Crippen LogP contribution in [-0.4, -0.2) is 74.9 Å². The lowest BCUT2D eigenvalue weighted by molar-refractivity contribution is -0.870. The predicted octanol–water partition coefficient (Wildman–Crippen LogP) is 18.0. The van der Waals surface area contributed by atoms with Gasteiger partial charge in [0.1, 0.15) is 19.8 Å². The van der Waals surface area contributed by atoms with Gasteiger partial charge in [0.15, 0.2) is 6.10 Å². The van der Waals surface area contributed by atoms with Crippen LogP contribution in [0.3, 0.4) is 0 Å². The van der Waals surface area contributed by atoms with Crippen LogP contribution in [-0.2, 0) is 32.7 Å². The second-order valence-electron chi connectivity index (χ2n) is 21.4. The first-order chi connectivity index (χ1) is 33.0. The molecule has 0 aliphatic rings. The van der Waals surface area contributed by atoms with Gasteiger partial charge in [-0.1, -0.05) is 257 Å². The van der Waals surface area contributed by atoms with E-state index in [0.717, 1.165) is 38.5 Å². The smallest absolute Gasteiger partial charge is 0.462 e. The van der Waals surface area contributed by atoms with Crippen molar-refractivity contribution < 1.29 is 42.1 Å². The van der Waals surface area contributed by atoms with E-state index in [1.165, 1.54) is 231 Å². The average Bonchev–Trinajstić information content (AvgIpc) is 3.30. The molecule has 0 amide bonds. The third-order valence-electron chi connectivity index (χ3n) is 13.3. The molecule has 0 spiro atoms. The molecule has 0 aromatic carbocycles. The SMILES string of the molecule is CCCCCCCCCC/C=C\CCCCCCCCCCCCCCCCCCCCCC(=O)OC(COC(=O)CCCCCCCCCCCCCCC)COP(=O)(O)OCC[N+](C)(C)C. The van der Waals surface area contributed by atoms with Crippen LogP contribution in [0.5, 0.6) is 0 Å². The van der Waals surface area contributed by atoms with E-state index in [2.05, 4.69) is 26.0 Å². The summed E-state index contributed by atoms with van der Waals surface area (Å²) in [5, 5.41) is 0. The van der Waals surface area contributed by atoms with Gasteiger partial charge in [-0.3, -0.25) is 18.6 Å². The number of hydrogen-bond donors (Lipinski definition) is 1. The molecule has 68 heavy (non-hydrogen) atoms. The molecular formula is C58H115NO8P+. The van der Waals surface area contributed by atoms with Crippen molar-refractivity contribution in [3.05, 3.63) is 12.2 Å². The summed E-state index contributed by atoms with van der Waals surface area (Å²) in [6.07, 6.45) is 58.7. The number of hydrogen-bond acceptors (Lipinski definition) is 7. The molecule has 0 radical (unpaired) electrons. The first-order valence-corrected chi connectivity index (χ1v) is 30.9.